The molecule has 92 valence electrons. The van der Waals surface area contributed by atoms with E-state index < -0.39 is 21.9 Å². The third-order valence-corrected chi connectivity index (χ3v) is 3.78. The number of hydrogen-bond donors (Lipinski definition) is 1. The molecule has 6 heteroatoms. The van der Waals surface area contributed by atoms with Crippen LogP contribution in [0, 0.1) is 17.1 Å². The summed E-state index contributed by atoms with van der Waals surface area (Å²) in [7, 11) is -3.76. The SMILES string of the molecule is CCC(CC#N)NS(=O)(=O)c1cccc(F)c1. The Morgan fingerprint density at radius 2 is 2.24 bits per heavy atom. The first kappa shape index (κ1) is 13.6. The Morgan fingerprint density at radius 1 is 1.53 bits per heavy atom. The summed E-state index contributed by atoms with van der Waals surface area (Å²) in [5, 5.41) is 8.53. The number of sulfonamides is 1. The summed E-state index contributed by atoms with van der Waals surface area (Å²) in [5.74, 6) is -0.610. The number of hydrogen-bond acceptors (Lipinski definition) is 3. The van der Waals surface area contributed by atoms with Gasteiger partial charge in [-0.25, -0.2) is 17.5 Å². The molecule has 0 aliphatic rings. The Labute approximate surface area is 100 Å². The van der Waals surface area contributed by atoms with Crippen LogP contribution in [0.4, 0.5) is 4.39 Å². The molecule has 1 aromatic rings. The van der Waals surface area contributed by atoms with E-state index in [9.17, 15) is 12.8 Å². The lowest BCUT2D eigenvalue weighted by atomic mass is 10.2. The number of nitrogens with zero attached hydrogens (tertiary/aromatic N) is 1. The predicted octanol–water partition coefficient (Wildman–Crippen LogP) is 1.80. The molecule has 0 aliphatic carbocycles. The number of nitriles is 1. The second-order valence-corrected chi connectivity index (χ2v) is 5.26. The molecule has 0 radical (unpaired) electrons. The second-order valence-electron chi connectivity index (χ2n) is 3.55. The summed E-state index contributed by atoms with van der Waals surface area (Å²) in [6, 6.07) is 6.21. The van der Waals surface area contributed by atoms with E-state index in [1.807, 2.05) is 6.07 Å². The molecule has 1 unspecified atom stereocenters. The maximum absolute atomic E-state index is 12.9. The molecule has 0 aliphatic heterocycles. The van der Waals surface area contributed by atoms with E-state index in [0.29, 0.717) is 6.42 Å². The molecular weight excluding hydrogens is 243 g/mol. The van der Waals surface area contributed by atoms with Crippen molar-refractivity contribution < 1.29 is 12.8 Å². The molecule has 1 aromatic carbocycles. The maximum atomic E-state index is 12.9. The Kier molecular flexibility index (Phi) is 4.61. The van der Waals surface area contributed by atoms with Crippen molar-refractivity contribution >= 4 is 10.0 Å². The second kappa shape index (κ2) is 5.75. The van der Waals surface area contributed by atoms with Crippen molar-refractivity contribution in [2.24, 2.45) is 0 Å². The fourth-order valence-electron chi connectivity index (χ4n) is 1.30. The van der Waals surface area contributed by atoms with Gasteiger partial charge in [-0.15, -0.1) is 0 Å². The highest BCUT2D eigenvalue weighted by Gasteiger charge is 2.19. The highest BCUT2D eigenvalue weighted by atomic mass is 32.2. The van der Waals surface area contributed by atoms with Crippen LogP contribution < -0.4 is 4.72 Å². The van der Waals surface area contributed by atoms with Crippen molar-refractivity contribution in [1.29, 1.82) is 5.26 Å². The average Bonchev–Trinajstić information content (AvgIpc) is 2.28. The van der Waals surface area contributed by atoms with E-state index in [1.54, 1.807) is 6.92 Å². The monoisotopic (exact) mass is 256 g/mol. The Hall–Kier alpha value is -1.45. The van der Waals surface area contributed by atoms with Crippen LogP contribution in [-0.2, 0) is 10.0 Å². The van der Waals surface area contributed by atoms with Crippen molar-refractivity contribution in [2.45, 2.75) is 30.7 Å². The van der Waals surface area contributed by atoms with Gasteiger partial charge in [-0.2, -0.15) is 5.26 Å². The maximum Gasteiger partial charge on any atom is 0.240 e. The van der Waals surface area contributed by atoms with Crippen LogP contribution in [0.1, 0.15) is 19.8 Å². The molecular formula is C11H13FN2O2S. The topological polar surface area (TPSA) is 70.0 Å². The van der Waals surface area contributed by atoms with Gasteiger partial charge in [-0.3, -0.25) is 0 Å². The van der Waals surface area contributed by atoms with E-state index >= 15 is 0 Å². The lowest BCUT2D eigenvalue weighted by molar-refractivity contribution is 0.541. The predicted molar refractivity (Wildman–Crippen MR) is 61.0 cm³/mol. The minimum Gasteiger partial charge on any atom is -0.207 e. The quantitative estimate of drug-likeness (QED) is 0.873. The highest BCUT2D eigenvalue weighted by Crippen LogP contribution is 2.12. The molecule has 4 nitrogen and oxygen atoms in total. The van der Waals surface area contributed by atoms with Crippen molar-refractivity contribution in [1.82, 2.24) is 4.72 Å². The van der Waals surface area contributed by atoms with Crippen molar-refractivity contribution in [3.05, 3.63) is 30.1 Å². The van der Waals surface area contributed by atoms with Crippen LogP contribution >= 0.6 is 0 Å². The molecule has 0 saturated heterocycles. The molecule has 1 atom stereocenters. The largest absolute Gasteiger partial charge is 0.240 e. The minimum absolute atomic E-state index is 0.0883. The van der Waals surface area contributed by atoms with E-state index in [0.717, 1.165) is 6.07 Å². The Balaban J connectivity index is 2.93. The third kappa shape index (κ3) is 3.80. The molecule has 0 fully saturated rings. The fourth-order valence-corrected chi connectivity index (χ4v) is 2.65. The Morgan fingerprint density at radius 3 is 2.76 bits per heavy atom. The average molecular weight is 256 g/mol. The van der Waals surface area contributed by atoms with Crippen molar-refractivity contribution in [2.75, 3.05) is 0 Å². The van der Waals surface area contributed by atoms with Gasteiger partial charge in [0, 0.05) is 6.04 Å². The minimum atomic E-state index is -3.76. The molecule has 0 saturated carbocycles. The van der Waals surface area contributed by atoms with E-state index in [1.165, 1.54) is 18.2 Å². The summed E-state index contributed by atoms with van der Waals surface area (Å²) in [6.07, 6.45) is 0.590. The summed E-state index contributed by atoms with van der Waals surface area (Å²) < 4.78 is 39.0. The Bertz CT molecular complexity index is 523. The number of rotatable bonds is 5. The van der Waals surface area contributed by atoms with Crippen molar-refractivity contribution in [3.8, 4) is 6.07 Å². The summed E-state index contributed by atoms with van der Waals surface area (Å²) in [6.45, 7) is 1.77. The van der Waals surface area contributed by atoms with E-state index in [-0.39, 0.29) is 11.3 Å². The normalized spacial score (nSPS) is 13.0. The molecule has 17 heavy (non-hydrogen) atoms. The summed E-state index contributed by atoms with van der Waals surface area (Å²) in [4.78, 5) is -0.131. The van der Waals surface area contributed by atoms with E-state index in [2.05, 4.69) is 4.72 Å². The zero-order valence-electron chi connectivity index (χ0n) is 9.35. The van der Waals surface area contributed by atoms with Gasteiger partial charge < -0.3 is 0 Å². The van der Waals surface area contributed by atoms with Crippen LogP contribution in [-0.4, -0.2) is 14.5 Å². The first-order chi connectivity index (χ1) is 7.99. The molecule has 0 amide bonds. The lowest BCUT2D eigenvalue weighted by Gasteiger charge is -2.13. The summed E-state index contributed by atoms with van der Waals surface area (Å²) in [5.41, 5.74) is 0. The van der Waals surface area contributed by atoms with Gasteiger partial charge in [0.2, 0.25) is 10.0 Å². The number of nitrogens with one attached hydrogen (secondary N) is 1. The molecule has 0 aromatic heterocycles. The van der Waals surface area contributed by atoms with Crippen LogP contribution in [0.5, 0.6) is 0 Å². The number of benzene rings is 1. The molecule has 0 heterocycles. The zero-order chi connectivity index (χ0) is 12.9. The zero-order valence-corrected chi connectivity index (χ0v) is 10.2. The number of halogens is 1. The van der Waals surface area contributed by atoms with Gasteiger partial charge in [0.15, 0.2) is 0 Å². The van der Waals surface area contributed by atoms with Gasteiger partial charge in [0.05, 0.1) is 17.4 Å². The molecule has 1 rings (SSSR count). The van der Waals surface area contributed by atoms with Gasteiger partial charge >= 0.3 is 0 Å². The first-order valence-corrected chi connectivity index (χ1v) is 6.62. The van der Waals surface area contributed by atoms with Gasteiger partial charge in [0.1, 0.15) is 5.82 Å². The van der Waals surface area contributed by atoms with Crippen LogP contribution in [0.2, 0.25) is 0 Å². The van der Waals surface area contributed by atoms with Crippen molar-refractivity contribution in [3.63, 3.8) is 0 Å². The van der Waals surface area contributed by atoms with Crippen LogP contribution in [0.15, 0.2) is 29.2 Å². The third-order valence-electron chi connectivity index (χ3n) is 2.26. The van der Waals surface area contributed by atoms with E-state index in [4.69, 9.17) is 5.26 Å². The van der Waals surface area contributed by atoms with Gasteiger partial charge in [-0.1, -0.05) is 13.0 Å². The molecule has 0 spiro atoms. The first-order valence-electron chi connectivity index (χ1n) is 5.14. The smallest absolute Gasteiger partial charge is 0.207 e. The summed E-state index contributed by atoms with van der Waals surface area (Å²) >= 11 is 0. The standard InChI is InChI=1S/C11H13FN2O2S/c1-2-10(6-7-13)14-17(15,16)11-5-3-4-9(12)8-11/h3-5,8,10,14H,2,6H2,1H3. The molecule has 0 bridgehead atoms. The fraction of sp³-hybridized carbons (Fsp3) is 0.364. The lowest BCUT2D eigenvalue weighted by Crippen LogP contribution is -2.34. The van der Waals surface area contributed by atoms with Crippen LogP contribution in [0.25, 0.3) is 0 Å². The van der Waals surface area contributed by atoms with Crippen LogP contribution in [0.3, 0.4) is 0 Å². The van der Waals surface area contributed by atoms with Gasteiger partial charge in [0.25, 0.3) is 0 Å². The molecule has 1 N–H and O–H groups in total. The van der Waals surface area contributed by atoms with Gasteiger partial charge in [-0.05, 0) is 24.6 Å². The highest BCUT2D eigenvalue weighted by molar-refractivity contribution is 7.89.